The van der Waals surface area contributed by atoms with E-state index in [-0.39, 0.29) is 6.61 Å². The lowest BCUT2D eigenvalue weighted by Crippen LogP contribution is -2.09. The van der Waals surface area contributed by atoms with Gasteiger partial charge in [0.25, 0.3) is 0 Å². The first kappa shape index (κ1) is 11.4. The standard InChI is InChI=1S/C10H18O2/c1-2-3-4-5-6-7-8-10(12)9-11/h3-4,6-7,10-12H,2,5,8-9H2,1H3/b4-3-,7-6-. The molecule has 0 aliphatic carbocycles. The zero-order valence-corrected chi connectivity index (χ0v) is 7.61. The molecule has 1 unspecified atom stereocenters. The Morgan fingerprint density at radius 2 is 1.83 bits per heavy atom. The molecule has 0 aromatic carbocycles. The molecule has 0 heterocycles. The Hall–Kier alpha value is -0.600. The van der Waals surface area contributed by atoms with Crippen molar-refractivity contribution in [3.05, 3.63) is 24.3 Å². The smallest absolute Gasteiger partial charge is 0.0805 e. The summed E-state index contributed by atoms with van der Waals surface area (Å²) in [5.41, 5.74) is 0. The SMILES string of the molecule is CC/C=C\C/C=C\CC(O)CO. The number of aliphatic hydroxyl groups is 2. The molecule has 12 heavy (non-hydrogen) atoms. The van der Waals surface area contributed by atoms with Gasteiger partial charge in [0.05, 0.1) is 12.7 Å². The number of hydrogen-bond acceptors (Lipinski definition) is 2. The summed E-state index contributed by atoms with van der Waals surface area (Å²) in [5, 5.41) is 17.4. The first-order valence-electron chi connectivity index (χ1n) is 4.40. The van der Waals surface area contributed by atoms with Crippen LogP contribution in [0.4, 0.5) is 0 Å². The van der Waals surface area contributed by atoms with E-state index in [4.69, 9.17) is 10.2 Å². The Morgan fingerprint density at radius 1 is 1.17 bits per heavy atom. The van der Waals surface area contributed by atoms with Crippen molar-refractivity contribution >= 4 is 0 Å². The fourth-order valence-corrected chi connectivity index (χ4v) is 0.766. The third kappa shape index (κ3) is 7.51. The van der Waals surface area contributed by atoms with Gasteiger partial charge in [-0.1, -0.05) is 31.2 Å². The highest BCUT2D eigenvalue weighted by Gasteiger charge is 1.95. The average Bonchev–Trinajstić information content (AvgIpc) is 2.10. The van der Waals surface area contributed by atoms with Crippen LogP contribution in [0.15, 0.2) is 24.3 Å². The van der Waals surface area contributed by atoms with Crippen molar-refractivity contribution in [2.75, 3.05) is 6.61 Å². The van der Waals surface area contributed by atoms with Gasteiger partial charge < -0.3 is 10.2 Å². The zero-order valence-electron chi connectivity index (χ0n) is 7.61. The maximum atomic E-state index is 8.94. The van der Waals surface area contributed by atoms with E-state index >= 15 is 0 Å². The zero-order chi connectivity index (χ0) is 9.23. The van der Waals surface area contributed by atoms with Gasteiger partial charge >= 0.3 is 0 Å². The minimum absolute atomic E-state index is 0.158. The number of hydrogen-bond donors (Lipinski definition) is 2. The summed E-state index contributed by atoms with van der Waals surface area (Å²) in [6, 6.07) is 0. The van der Waals surface area contributed by atoms with Crippen LogP contribution in [0.3, 0.4) is 0 Å². The van der Waals surface area contributed by atoms with Crippen LogP contribution >= 0.6 is 0 Å². The number of aliphatic hydroxyl groups excluding tert-OH is 2. The van der Waals surface area contributed by atoms with Gasteiger partial charge in [-0.2, -0.15) is 0 Å². The molecule has 2 nitrogen and oxygen atoms in total. The molecule has 0 amide bonds. The predicted molar refractivity (Wildman–Crippen MR) is 50.9 cm³/mol. The maximum absolute atomic E-state index is 8.94. The summed E-state index contributed by atoms with van der Waals surface area (Å²) in [4.78, 5) is 0. The van der Waals surface area contributed by atoms with Gasteiger partial charge in [-0.25, -0.2) is 0 Å². The molecule has 0 fully saturated rings. The lowest BCUT2D eigenvalue weighted by atomic mass is 10.2. The Bertz CT molecular complexity index is 139. The van der Waals surface area contributed by atoms with Crippen LogP contribution in [-0.4, -0.2) is 22.9 Å². The maximum Gasteiger partial charge on any atom is 0.0805 e. The average molecular weight is 170 g/mol. The van der Waals surface area contributed by atoms with Gasteiger partial charge in [-0.3, -0.25) is 0 Å². The minimum Gasteiger partial charge on any atom is -0.394 e. The normalized spacial score (nSPS) is 14.6. The molecule has 0 aliphatic heterocycles. The number of rotatable bonds is 6. The molecule has 2 heteroatoms. The van der Waals surface area contributed by atoms with Gasteiger partial charge in [-0.15, -0.1) is 0 Å². The van der Waals surface area contributed by atoms with E-state index in [2.05, 4.69) is 19.1 Å². The Labute approximate surface area is 74.2 Å². The molecule has 0 spiro atoms. The molecular formula is C10H18O2. The van der Waals surface area contributed by atoms with Crippen molar-refractivity contribution in [1.82, 2.24) is 0 Å². The summed E-state index contributed by atoms with van der Waals surface area (Å²) >= 11 is 0. The van der Waals surface area contributed by atoms with Crippen molar-refractivity contribution in [2.45, 2.75) is 32.3 Å². The molecule has 70 valence electrons. The first-order chi connectivity index (χ1) is 5.81. The molecule has 0 rings (SSSR count). The van der Waals surface area contributed by atoms with Gasteiger partial charge in [0.15, 0.2) is 0 Å². The van der Waals surface area contributed by atoms with Crippen LogP contribution in [0.1, 0.15) is 26.2 Å². The summed E-state index contributed by atoms with van der Waals surface area (Å²) in [6.07, 6.45) is 9.98. The topological polar surface area (TPSA) is 40.5 Å². The second kappa shape index (κ2) is 8.50. The van der Waals surface area contributed by atoms with Gasteiger partial charge in [-0.05, 0) is 19.3 Å². The monoisotopic (exact) mass is 170 g/mol. The highest BCUT2D eigenvalue weighted by atomic mass is 16.3. The highest BCUT2D eigenvalue weighted by molar-refractivity contribution is 4.93. The highest BCUT2D eigenvalue weighted by Crippen LogP contribution is 1.94. The largest absolute Gasteiger partial charge is 0.394 e. The third-order valence-corrected chi connectivity index (χ3v) is 1.46. The van der Waals surface area contributed by atoms with E-state index in [0.717, 1.165) is 12.8 Å². The van der Waals surface area contributed by atoms with E-state index in [1.807, 2.05) is 12.2 Å². The molecule has 0 aromatic rings. The van der Waals surface area contributed by atoms with E-state index in [9.17, 15) is 0 Å². The molecule has 0 saturated heterocycles. The second-order valence-corrected chi connectivity index (χ2v) is 2.66. The molecule has 0 radical (unpaired) electrons. The fourth-order valence-electron chi connectivity index (χ4n) is 0.766. The molecule has 0 saturated carbocycles. The summed E-state index contributed by atoms with van der Waals surface area (Å²) in [6.45, 7) is 1.94. The van der Waals surface area contributed by atoms with Gasteiger partial charge in [0, 0.05) is 0 Å². The van der Waals surface area contributed by atoms with Crippen LogP contribution in [-0.2, 0) is 0 Å². The van der Waals surface area contributed by atoms with Crippen molar-refractivity contribution in [3.63, 3.8) is 0 Å². The lowest BCUT2D eigenvalue weighted by Gasteiger charge is -2.00. The van der Waals surface area contributed by atoms with Gasteiger partial charge in [0.1, 0.15) is 0 Å². The molecular weight excluding hydrogens is 152 g/mol. The van der Waals surface area contributed by atoms with E-state index in [1.165, 1.54) is 0 Å². The van der Waals surface area contributed by atoms with E-state index in [0.29, 0.717) is 6.42 Å². The van der Waals surface area contributed by atoms with Crippen molar-refractivity contribution in [3.8, 4) is 0 Å². The van der Waals surface area contributed by atoms with Crippen molar-refractivity contribution in [1.29, 1.82) is 0 Å². The predicted octanol–water partition coefficient (Wildman–Crippen LogP) is 1.64. The Balaban J connectivity index is 3.31. The van der Waals surface area contributed by atoms with Crippen molar-refractivity contribution < 1.29 is 10.2 Å². The summed E-state index contributed by atoms with van der Waals surface area (Å²) < 4.78 is 0. The first-order valence-corrected chi connectivity index (χ1v) is 4.40. The van der Waals surface area contributed by atoms with E-state index < -0.39 is 6.10 Å². The Kier molecular flexibility index (Phi) is 8.07. The van der Waals surface area contributed by atoms with Crippen LogP contribution in [0.5, 0.6) is 0 Å². The number of allylic oxidation sites excluding steroid dienone is 3. The molecule has 2 N–H and O–H groups in total. The molecule has 1 atom stereocenters. The van der Waals surface area contributed by atoms with Crippen LogP contribution in [0, 0.1) is 0 Å². The Morgan fingerprint density at radius 3 is 2.42 bits per heavy atom. The van der Waals surface area contributed by atoms with E-state index in [1.54, 1.807) is 0 Å². The minimum atomic E-state index is -0.601. The van der Waals surface area contributed by atoms with Crippen LogP contribution in [0.25, 0.3) is 0 Å². The lowest BCUT2D eigenvalue weighted by molar-refractivity contribution is 0.0975. The molecule has 0 bridgehead atoms. The second-order valence-electron chi connectivity index (χ2n) is 2.66. The quantitative estimate of drug-likeness (QED) is 0.595. The van der Waals surface area contributed by atoms with Gasteiger partial charge in [0.2, 0.25) is 0 Å². The fraction of sp³-hybridized carbons (Fsp3) is 0.600. The van der Waals surface area contributed by atoms with Crippen LogP contribution < -0.4 is 0 Å². The van der Waals surface area contributed by atoms with Crippen LogP contribution in [0.2, 0.25) is 0 Å². The molecule has 0 aromatic heterocycles. The molecule has 0 aliphatic rings. The summed E-state index contributed by atoms with van der Waals surface area (Å²) in [5.74, 6) is 0. The third-order valence-electron chi connectivity index (χ3n) is 1.46. The van der Waals surface area contributed by atoms with Crippen molar-refractivity contribution in [2.24, 2.45) is 0 Å². The summed E-state index contributed by atoms with van der Waals surface area (Å²) in [7, 11) is 0.